The molecule has 3 heteroatoms. The summed E-state index contributed by atoms with van der Waals surface area (Å²) in [6.07, 6.45) is 0. The van der Waals surface area contributed by atoms with Gasteiger partial charge in [0, 0.05) is 43.7 Å². The van der Waals surface area contributed by atoms with E-state index < -0.39 is 0 Å². The Hall–Kier alpha value is -7.62. The Kier molecular flexibility index (Phi) is 6.93. The molecule has 3 aromatic heterocycles. The van der Waals surface area contributed by atoms with Crippen LogP contribution in [0.5, 0.6) is 0 Å². The topological polar surface area (TPSA) is 23.0 Å². The molecule has 3 nitrogen and oxygen atoms in total. The first-order valence-corrected chi connectivity index (χ1v) is 19.5. The summed E-state index contributed by atoms with van der Waals surface area (Å²) in [4.78, 5) is 0. The third-order valence-electron chi connectivity index (χ3n) is 11.7. The highest BCUT2D eigenvalue weighted by Crippen LogP contribution is 2.40. The molecule has 0 fully saturated rings. The lowest BCUT2D eigenvalue weighted by atomic mass is 9.99. The Morgan fingerprint density at radius 2 is 0.719 bits per heavy atom. The van der Waals surface area contributed by atoms with E-state index in [1.807, 2.05) is 12.1 Å². The monoisotopic (exact) mass is 726 g/mol. The molecule has 12 rings (SSSR count). The van der Waals surface area contributed by atoms with Crippen LogP contribution in [-0.4, -0.2) is 9.13 Å². The molecule has 57 heavy (non-hydrogen) atoms. The largest absolute Gasteiger partial charge is 0.456 e. The number of hydrogen-bond acceptors (Lipinski definition) is 1. The number of hydrogen-bond donors (Lipinski definition) is 0. The van der Waals surface area contributed by atoms with Gasteiger partial charge in [-0.3, -0.25) is 0 Å². The molecular formula is C54H34N2O. The summed E-state index contributed by atoms with van der Waals surface area (Å²) in [6, 6.07) is 74.6. The molecule has 0 saturated carbocycles. The van der Waals surface area contributed by atoms with E-state index in [-0.39, 0.29) is 0 Å². The van der Waals surface area contributed by atoms with Gasteiger partial charge in [-0.05, 0) is 106 Å². The molecule has 266 valence electrons. The maximum atomic E-state index is 6.24. The second-order valence-electron chi connectivity index (χ2n) is 14.9. The number of rotatable bonds is 5. The summed E-state index contributed by atoms with van der Waals surface area (Å²) in [6.45, 7) is 0. The number of aromatic nitrogens is 2. The van der Waals surface area contributed by atoms with Crippen molar-refractivity contribution in [2.24, 2.45) is 0 Å². The van der Waals surface area contributed by atoms with Gasteiger partial charge in [-0.15, -0.1) is 0 Å². The minimum absolute atomic E-state index is 0.897. The summed E-state index contributed by atoms with van der Waals surface area (Å²) >= 11 is 0. The Balaban J connectivity index is 1.03. The van der Waals surface area contributed by atoms with Crippen molar-refractivity contribution < 1.29 is 4.42 Å². The van der Waals surface area contributed by atoms with Crippen LogP contribution in [0.4, 0.5) is 0 Å². The molecule has 0 atom stereocenters. The van der Waals surface area contributed by atoms with Gasteiger partial charge in [-0.2, -0.15) is 0 Å². The van der Waals surface area contributed by atoms with Crippen molar-refractivity contribution >= 4 is 65.6 Å². The number of fused-ring (bicyclic) bond motifs is 9. The van der Waals surface area contributed by atoms with Crippen LogP contribution >= 0.6 is 0 Å². The van der Waals surface area contributed by atoms with Crippen LogP contribution in [0.25, 0.3) is 110 Å². The van der Waals surface area contributed by atoms with Crippen molar-refractivity contribution in [1.29, 1.82) is 0 Å². The molecule has 0 aliphatic carbocycles. The van der Waals surface area contributed by atoms with Crippen molar-refractivity contribution in [3.63, 3.8) is 0 Å². The Bertz CT molecular complexity index is 3490. The van der Waals surface area contributed by atoms with E-state index in [1.54, 1.807) is 0 Å². The zero-order valence-corrected chi connectivity index (χ0v) is 30.9. The van der Waals surface area contributed by atoms with Crippen molar-refractivity contribution in [2.75, 3.05) is 0 Å². The Morgan fingerprint density at radius 1 is 0.246 bits per heavy atom. The van der Waals surface area contributed by atoms with Gasteiger partial charge in [-0.25, -0.2) is 0 Å². The third-order valence-corrected chi connectivity index (χ3v) is 11.7. The van der Waals surface area contributed by atoms with E-state index in [2.05, 4.69) is 203 Å². The molecule has 3 heterocycles. The molecule has 0 aliphatic rings. The maximum absolute atomic E-state index is 6.24. The summed E-state index contributed by atoms with van der Waals surface area (Å²) in [5.41, 5.74) is 16.0. The molecule has 0 N–H and O–H groups in total. The van der Waals surface area contributed by atoms with Crippen LogP contribution in [0.15, 0.2) is 211 Å². The molecule has 0 unspecified atom stereocenters. The first-order chi connectivity index (χ1) is 28.2. The molecule has 0 bridgehead atoms. The lowest BCUT2D eigenvalue weighted by molar-refractivity contribution is 0.669. The summed E-state index contributed by atoms with van der Waals surface area (Å²) < 4.78 is 11.0. The first-order valence-electron chi connectivity index (χ1n) is 19.5. The second kappa shape index (κ2) is 12.5. The van der Waals surface area contributed by atoms with Crippen LogP contribution in [0.2, 0.25) is 0 Å². The van der Waals surface area contributed by atoms with Crippen molar-refractivity contribution in [1.82, 2.24) is 9.13 Å². The fraction of sp³-hybridized carbons (Fsp3) is 0. The molecule has 0 spiro atoms. The van der Waals surface area contributed by atoms with Gasteiger partial charge < -0.3 is 13.6 Å². The molecule has 0 aliphatic heterocycles. The molecule has 0 radical (unpaired) electrons. The maximum Gasteiger partial charge on any atom is 0.135 e. The zero-order chi connectivity index (χ0) is 37.5. The van der Waals surface area contributed by atoms with Gasteiger partial charge in [0.15, 0.2) is 0 Å². The number of benzene rings is 9. The quantitative estimate of drug-likeness (QED) is 0.173. The van der Waals surface area contributed by atoms with E-state index in [0.29, 0.717) is 0 Å². The normalized spacial score (nSPS) is 11.9. The highest BCUT2D eigenvalue weighted by Gasteiger charge is 2.18. The fourth-order valence-corrected chi connectivity index (χ4v) is 9.01. The van der Waals surface area contributed by atoms with Gasteiger partial charge >= 0.3 is 0 Å². The van der Waals surface area contributed by atoms with E-state index in [0.717, 1.165) is 33.3 Å². The van der Waals surface area contributed by atoms with Crippen LogP contribution in [-0.2, 0) is 0 Å². The summed E-state index contributed by atoms with van der Waals surface area (Å²) in [5.74, 6) is 0. The van der Waals surface area contributed by atoms with Crippen LogP contribution in [0, 0.1) is 0 Å². The van der Waals surface area contributed by atoms with Crippen LogP contribution < -0.4 is 0 Å². The van der Waals surface area contributed by atoms with Crippen molar-refractivity contribution in [3.8, 4) is 44.8 Å². The predicted octanol–water partition coefficient (Wildman–Crippen LogP) is 14.8. The van der Waals surface area contributed by atoms with Gasteiger partial charge in [0.1, 0.15) is 11.2 Å². The minimum atomic E-state index is 0.897. The molecule has 0 amide bonds. The molecule has 9 aromatic carbocycles. The van der Waals surface area contributed by atoms with E-state index >= 15 is 0 Å². The smallest absolute Gasteiger partial charge is 0.135 e. The lowest BCUT2D eigenvalue weighted by Crippen LogP contribution is -1.94. The SMILES string of the molecule is c1ccc(-c2ccc(-n3c4ccccc4c4cc(-c5ccc6c(c5)c5ccc(-c7ccccc7)cc5n6-c5ccc6oc7ccccc7c6c5)ccc43)cc2)cc1. The van der Waals surface area contributed by atoms with Gasteiger partial charge in [0.2, 0.25) is 0 Å². The Morgan fingerprint density at radius 3 is 1.44 bits per heavy atom. The number of nitrogens with zero attached hydrogens (tertiary/aromatic N) is 2. The van der Waals surface area contributed by atoms with Crippen LogP contribution in [0.1, 0.15) is 0 Å². The average molecular weight is 727 g/mol. The zero-order valence-electron chi connectivity index (χ0n) is 30.9. The summed E-state index contributed by atoms with van der Waals surface area (Å²) in [5, 5.41) is 7.18. The Labute approximate surface area is 328 Å². The van der Waals surface area contributed by atoms with E-state index in [9.17, 15) is 0 Å². The van der Waals surface area contributed by atoms with Gasteiger partial charge in [-0.1, -0.05) is 133 Å². The average Bonchev–Trinajstić information content (AvgIpc) is 3.93. The fourth-order valence-electron chi connectivity index (χ4n) is 9.01. The molecule has 12 aromatic rings. The standard InChI is InChI=1S/C54H34N2O/c1-3-11-35(12-4-1)37-19-24-41(25-20-37)55-49-17-9-7-15-43(49)46-31-38(22-28-50(46)55)39-23-29-51-47(32-39)44-27-21-40(36-13-5-2-6-14-36)33-52(44)56(51)42-26-30-54-48(34-42)45-16-8-10-18-53(45)57-54/h1-34H. The van der Waals surface area contributed by atoms with Crippen molar-refractivity contribution in [3.05, 3.63) is 206 Å². The number of para-hydroxylation sites is 2. The highest BCUT2D eigenvalue weighted by molar-refractivity contribution is 6.14. The summed E-state index contributed by atoms with van der Waals surface area (Å²) in [7, 11) is 0. The van der Waals surface area contributed by atoms with E-state index in [1.165, 1.54) is 77.0 Å². The van der Waals surface area contributed by atoms with E-state index in [4.69, 9.17) is 4.42 Å². The molecule has 0 saturated heterocycles. The van der Waals surface area contributed by atoms with Crippen molar-refractivity contribution in [2.45, 2.75) is 0 Å². The van der Waals surface area contributed by atoms with Gasteiger partial charge in [0.25, 0.3) is 0 Å². The predicted molar refractivity (Wildman–Crippen MR) is 239 cm³/mol. The van der Waals surface area contributed by atoms with Crippen LogP contribution in [0.3, 0.4) is 0 Å². The highest BCUT2D eigenvalue weighted by atomic mass is 16.3. The molecular weight excluding hydrogens is 693 g/mol. The minimum Gasteiger partial charge on any atom is -0.456 e. The first kappa shape index (κ1) is 31.7. The lowest BCUT2D eigenvalue weighted by Gasteiger charge is -2.10. The third kappa shape index (κ3) is 4.99. The number of furan rings is 1. The second-order valence-corrected chi connectivity index (χ2v) is 14.9. The van der Waals surface area contributed by atoms with Gasteiger partial charge in [0.05, 0.1) is 22.1 Å².